The monoisotopic (exact) mass is 411 g/mol. The number of carbonyl (C=O) groups excluding carboxylic acids is 1. The van der Waals surface area contributed by atoms with Gasteiger partial charge in [-0.05, 0) is 24.3 Å². The van der Waals surface area contributed by atoms with E-state index in [4.69, 9.17) is 9.15 Å². The summed E-state index contributed by atoms with van der Waals surface area (Å²) < 4.78 is 24.6. The lowest BCUT2D eigenvalue weighted by Crippen LogP contribution is -2.47. The van der Waals surface area contributed by atoms with E-state index in [1.165, 1.54) is 19.4 Å². The average molecular weight is 411 g/mol. The van der Waals surface area contributed by atoms with Crippen molar-refractivity contribution in [3.05, 3.63) is 66.0 Å². The van der Waals surface area contributed by atoms with E-state index in [-0.39, 0.29) is 29.7 Å². The SMILES string of the molecule is COc1nc(N2CCN(c3ccccc3F)CC2)ncc1C(=O)NCc1ccco1. The Bertz CT molecular complexity index is 1000. The van der Waals surface area contributed by atoms with Crippen molar-refractivity contribution >= 4 is 17.5 Å². The Kier molecular flexibility index (Phi) is 5.78. The molecule has 0 unspecified atom stereocenters. The smallest absolute Gasteiger partial charge is 0.258 e. The molecule has 8 nitrogen and oxygen atoms in total. The maximum absolute atomic E-state index is 14.0. The molecule has 2 aromatic heterocycles. The molecule has 3 aromatic rings. The van der Waals surface area contributed by atoms with Crippen molar-refractivity contribution in [2.45, 2.75) is 6.54 Å². The maximum atomic E-state index is 14.0. The minimum Gasteiger partial charge on any atom is -0.480 e. The number of hydrogen-bond donors (Lipinski definition) is 1. The number of nitrogens with one attached hydrogen (secondary N) is 1. The standard InChI is InChI=1S/C21H22FN5O3/c1-29-20-16(19(28)23-13-15-5-4-12-30-15)14-24-21(25-20)27-10-8-26(9-11-27)18-7-3-2-6-17(18)22/h2-7,12,14H,8-11,13H2,1H3,(H,23,28). The third-order valence-corrected chi connectivity index (χ3v) is 4.94. The van der Waals surface area contributed by atoms with Crippen LogP contribution in [0.5, 0.6) is 5.88 Å². The number of halogens is 1. The summed E-state index contributed by atoms with van der Waals surface area (Å²) >= 11 is 0. The number of carbonyl (C=O) groups is 1. The first-order chi connectivity index (χ1) is 14.7. The molecule has 1 aliphatic rings. The van der Waals surface area contributed by atoms with Gasteiger partial charge in [-0.2, -0.15) is 4.98 Å². The lowest BCUT2D eigenvalue weighted by Gasteiger charge is -2.36. The number of furan rings is 1. The highest BCUT2D eigenvalue weighted by Gasteiger charge is 2.23. The number of rotatable bonds is 6. The summed E-state index contributed by atoms with van der Waals surface area (Å²) in [6.45, 7) is 2.79. The summed E-state index contributed by atoms with van der Waals surface area (Å²) in [5.74, 6) is 0.747. The third-order valence-electron chi connectivity index (χ3n) is 4.94. The van der Waals surface area contributed by atoms with Crippen LogP contribution in [0.25, 0.3) is 0 Å². The Labute approximate surface area is 173 Å². The second-order valence-electron chi connectivity index (χ2n) is 6.78. The molecule has 0 atom stereocenters. The fraction of sp³-hybridized carbons (Fsp3) is 0.286. The number of aromatic nitrogens is 2. The molecule has 0 saturated carbocycles. The largest absolute Gasteiger partial charge is 0.480 e. The van der Waals surface area contributed by atoms with Gasteiger partial charge in [0.15, 0.2) is 0 Å². The van der Waals surface area contributed by atoms with Crippen LogP contribution in [0.4, 0.5) is 16.0 Å². The third kappa shape index (κ3) is 4.19. The van der Waals surface area contributed by atoms with E-state index >= 15 is 0 Å². The number of piperazine rings is 1. The fourth-order valence-corrected chi connectivity index (χ4v) is 3.35. The number of anilines is 2. The van der Waals surface area contributed by atoms with Crippen LogP contribution in [-0.4, -0.2) is 49.2 Å². The molecule has 0 aliphatic carbocycles. The molecule has 1 saturated heterocycles. The highest BCUT2D eigenvalue weighted by atomic mass is 19.1. The summed E-state index contributed by atoms with van der Waals surface area (Å²) in [6, 6.07) is 10.3. The molecule has 1 aliphatic heterocycles. The minimum absolute atomic E-state index is 0.202. The van der Waals surface area contributed by atoms with E-state index in [9.17, 15) is 9.18 Å². The first-order valence-corrected chi connectivity index (χ1v) is 9.61. The van der Waals surface area contributed by atoms with Crippen molar-refractivity contribution in [1.29, 1.82) is 0 Å². The molecule has 0 radical (unpaired) electrons. The summed E-state index contributed by atoms with van der Waals surface area (Å²) in [5, 5.41) is 2.76. The summed E-state index contributed by atoms with van der Waals surface area (Å²) in [5.41, 5.74) is 0.844. The topological polar surface area (TPSA) is 83.7 Å². The van der Waals surface area contributed by atoms with Gasteiger partial charge in [-0.1, -0.05) is 12.1 Å². The van der Waals surface area contributed by atoms with Gasteiger partial charge < -0.3 is 24.3 Å². The molecule has 4 rings (SSSR count). The van der Waals surface area contributed by atoms with Crippen LogP contribution in [0.2, 0.25) is 0 Å². The normalized spacial score (nSPS) is 13.9. The number of benzene rings is 1. The van der Waals surface area contributed by atoms with Crippen molar-refractivity contribution < 1.29 is 18.3 Å². The van der Waals surface area contributed by atoms with Crippen LogP contribution >= 0.6 is 0 Å². The second kappa shape index (κ2) is 8.81. The van der Waals surface area contributed by atoms with E-state index in [0.717, 1.165) is 0 Å². The van der Waals surface area contributed by atoms with Crippen molar-refractivity contribution in [3.63, 3.8) is 0 Å². The van der Waals surface area contributed by atoms with E-state index in [1.54, 1.807) is 30.5 Å². The van der Waals surface area contributed by atoms with Crippen LogP contribution < -0.4 is 19.9 Å². The second-order valence-corrected chi connectivity index (χ2v) is 6.78. The molecule has 30 heavy (non-hydrogen) atoms. The highest BCUT2D eigenvalue weighted by Crippen LogP contribution is 2.23. The minimum atomic E-state index is -0.348. The van der Waals surface area contributed by atoms with Crippen molar-refractivity contribution in [3.8, 4) is 5.88 Å². The molecular weight excluding hydrogens is 389 g/mol. The Balaban J connectivity index is 1.41. The Morgan fingerprint density at radius 3 is 2.63 bits per heavy atom. The molecular formula is C21H22FN5O3. The molecule has 0 spiro atoms. The van der Waals surface area contributed by atoms with Gasteiger partial charge in [-0.25, -0.2) is 9.37 Å². The fourth-order valence-electron chi connectivity index (χ4n) is 3.35. The van der Waals surface area contributed by atoms with Crippen molar-refractivity contribution in [2.75, 3.05) is 43.1 Å². The number of ether oxygens (including phenoxy) is 1. The number of hydrogen-bond acceptors (Lipinski definition) is 7. The molecule has 1 fully saturated rings. The number of para-hydroxylation sites is 1. The maximum Gasteiger partial charge on any atom is 0.258 e. The predicted octanol–water partition coefficient (Wildman–Crippen LogP) is 2.47. The Morgan fingerprint density at radius 1 is 1.17 bits per heavy atom. The lowest BCUT2D eigenvalue weighted by atomic mass is 10.2. The molecule has 1 N–H and O–H groups in total. The highest BCUT2D eigenvalue weighted by molar-refractivity contribution is 5.96. The van der Waals surface area contributed by atoms with E-state index < -0.39 is 0 Å². The van der Waals surface area contributed by atoms with Gasteiger partial charge in [0.25, 0.3) is 5.91 Å². The summed E-state index contributed by atoms with van der Waals surface area (Å²) in [6.07, 6.45) is 3.01. The number of amides is 1. The van der Waals surface area contributed by atoms with Gasteiger partial charge in [0.2, 0.25) is 11.8 Å². The van der Waals surface area contributed by atoms with Crippen LogP contribution in [0, 0.1) is 5.82 Å². The van der Waals surface area contributed by atoms with E-state index in [0.29, 0.717) is 43.6 Å². The zero-order valence-electron chi connectivity index (χ0n) is 16.5. The Morgan fingerprint density at radius 2 is 1.93 bits per heavy atom. The predicted molar refractivity (Wildman–Crippen MR) is 109 cm³/mol. The zero-order valence-corrected chi connectivity index (χ0v) is 16.5. The van der Waals surface area contributed by atoms with Gasteiger partial charge in [-0.3, -0.25) is 4.79 Å². The number of methoxy groups -OCH3 is 1. The molecule has 156 valence electrons. The van der Waals surface area contributed by atoms with Gasteiger partial charge >= 0.3 is 0 Å². The van der Waals surface area contributed by atoms with Gasteiger partial charge in [0.05, 0.1) is 25.6 Å². The van der Waals surface area contributed by atoms with Crippen molar-refractivity contribution in [1.82, 2.24) is 15.3 Å². The van der Waals surface area contributed by atoms with Gasteiger partial charge in [0.1, 0.15) is 17.1 Å². The average Bonchev–Trinajstić information content (AvgIpc) is 3.31. The van der Waals surface area contributed by atoms with E-state index in [1.807, 2.05) is 15.9 Å². The van der Waals surface area contributed by atoms with Crippen LogP contribution in [0.1, 0.15) is 16.1 Å². The molecule has 1 aromatic carbocycles. The van der Waals surface area contributed by atoms with Crippen LogP contribution in [0.3, 0.4) is 0 Å². The van der Waals surface area contributed by atoms with Gasteiger partial charge in [0, 0.05) is 32.4 Å². The molecule has 0 bridgehead atoms. The van der Waals surface area contributed by atoms with Crippen LogP contribution in [-0.2, 0) is 6.54 Å². The lowest BCUT2D eigenvalue weighted by molar-refractivity contribution is 0.0944. The molecule has 3 heterocycles. The molecule has 1 amide bonds. The van der Waals surface area contributed by atoms with E-state index in [2.05, 4.69) is 15.3 Å². The quantitative estimate of drug-likeness (QED) is 0.667. The Hall–Kier alpha value is -3.62. The molecule has 9 heteroatoms. The van der Waals surface area contributed by atoms with Gasteiger partial charge in [-0.15, -0.1) is 0 Å². The zero-order chi connectivity index (χ0) is 20.9. The summed E-state index contributed by atoms with van der Waals surface area (Å²) in [7, 11) is 1.46. The van der Waals surface area contributed by atoms with Crippen molar-refractivity contribution in [2.24, 2.45) is 0 Å². The van der Waals surface area contributed by atoms with Crippen LogP contribution in [0.15, 0.2) is 53.3 Å². The first kappa shape index (κ1) is 19.7. The summed E-state index contributed by atoms with van der Waals surface area (Å²) in [4.78, 5) is 25.2. The number of nitrogens with zero attached hydrogens (tertiary/aromatic N) is 4. The first-order valence-electron chi connectivity index (χ1n) is 9.61.